The smallest absolute Gasteiger partial charge is 0.336 e. The van der Waals surface area contributed by atoms with Crippen LogP contribution in [0.2, 0.25) is 0 Å². The first kappa shape index (κ1) is 10.9. The number of aromatic nitrogens is 3. The number of aromatic amines is 1. The maximum absolute atomic E-state index is 5.40. The molecule has 0 fully saturated rings. The van der Waals surface area contributed by atoms with Gasteiger partial charge in [0, 0.05) is 5.56 Å². The minimum Gasteiger partial charge on any atom is -0.460 e. The van der Waals surface area contributed by atoms with Crippen molar-refractivity contribution in [1.29, 1.82) is 0 Å². The molecule has 6 heteroatoms. The number of hydrogen-bond donors (Lipinski definition) is 1. The molecule has 0 spiro atoms. The zero-order chi connectivity index (χ0) is 12.5. The highest BCUT2D eigenvalue weighted by Crippen LogP contribution is 2.35. The molecule has 18 heavy (non-hydrogen) atoms. The fourth-order valence-corrected chi connectivity index (χ4v) is 1.68. The van der Waals surface area contributed by atoms with E-state index in [-0.39, 0.29) is 12.9 Å². The molecule has 0 bridgehead atoms. The van der Waals surface area contributed by atoms with Crippen LogP contribution in [0.25, 0.3) is 11.4 Å². The van der Waals surface area contributed by atoms with Gasteiger partial charge in [-0.15, -0.1) is 5.10 Å². The van der Waals surface area contributed by atoms with Gasteiger partial charge in [-0.1, -0.05) is 0 Å². The number of ether oxygens (including phenoxy) is 3. The molecule has 0 saturated heterocycles. The first-order valence-corrected chi connectivity index (χ1v) is 5.71. The number of hydrogen-bond acceptors (Lipinski definition) is 5. The highest BCUT2D eigenvalue weighted by atomic mass is 16.7. The van der Waals surface area contributed by atoms with E-state index in [2.05, 4.69) is 15.2 Å². The molecule has 1 aliphatic rings. The number of nitrogens with zero attached hydrogens (tertiary/aromatic N) is 2. The average Bonchev–Trinajstić information content (AvgIpc) is 2.95. The lowest BCUT2D eigenvalue weighted by Gasteiger charge is -2.02. The van der Waals surface area contributed by atoms with E-state index in [0.717, 1.165) is 17.1 Å². The normalized spacial score (nSPS) is 13.1. The summed E-state index contributed by atoms with van der Waals surface area (Å²) in [5.74, 6) is 2.11. The van der Waals surface area contributed by atoms with Crippen molar-refractivity contribution < 1.29 is 14.2 Å². The van der Waals surface area contributed by atoms with E-state index in [1.807, 2.05) is 32.0 Å². The third kappa shape index (κ3) is 1.97. The van der Waals surface area contributed by atoms with E-state index in [9.17, 15) is 0 Å². The van der Waals surface area contributed by atoms with Crippen LogP contribution in [-0.2, 0) is 0 Å². The molecule has 1 aromatic carbocycles. The topological polar surface area (TPSA) is 69.3 Å². The molecule has 0 amide bonds. The van der Waals surface area contributed by atoms with Crippen LogP contribution in [0.1, 0.15) is 13.8 Å². The highest BCUT2D eigenvalue weighted by Gasteiger charge is 2.15. The fourth-order valence-electron chi connectivity index (χ4n) is 1.68. The number of nitrogens with one attached hydrogen (secondary N) is 1. The Morgan fingerprint density at radius 2 is 2.11 bits per heavy atom. The molecule has 0 atom stereocenters. The molecule has 0 aliphatic carbocycles. The maximum Gasteiger partial charge on any atom is 0.336 e. The van der Waals surface area contributed by atoms with Crippen LogP contribution >= 0.6 is 0 Å². The van der Waals surface area contributed by atoms with Gasteiger partial charge in [0.15, 0.2) is 17.3 Å². The summed E-state index contributed by atoms with van der Waals surface area (Å²) in [6.07, 6.45) is 0.0467. The minimum atomic E-state index is 0.0467. The van der Waals surface area contributed by atoms with Gasteiger partial charge in [0.05, 0.1) is 6.10 Å². The van der Waals surface area contributed by atoms with Crippen LogP contribution in [0.5, 0.6) is 17.5 Å². The zero-order valence-corrected chi connectivity index (χ0v) is 10.1. The first-order valence-electron chi connectivity index (χ1n) is 5.71. The van der Waals surface area contributed by atoms with Crippen LogP contribution in [0.4, 0.5) is 0 Å². The predicted octanol–water partition coefficient (Wildman–Crippen LogP) is 1.99. The Morgan fingerprint density at radius 3 is 2.94 bits per heavy atom. The Hall–Kier alpha value is -2.24. The van der Waals surface area contributed by atoms with Gasteiger partial charge in [0.2, 0.25) is 6.79 Å². The van der Waals surface area contributed by atoms with Crippen molar-refractivity contribution in [2.75, 3.05) is 6.79 Å². The molecule has 1 N–H and O–H groups in total. The number of fused-ring (bicyclic) bond motifs is 1. The lowest BCUT2D eigenvalue weighted by molar-refractivity contribution is 0.174. The van der Waals surface area contributed by atoms with Gasteiger partial charge in [-0.2, -0.15) is 4.98 Å². The van der Waals surface area contributed by atoms with Gasteiger partial charge in [-0.05, 0) is 32.0 Å². The summed E-state index contributed by atoms with van der Waals surface area (Å²) >= 11 is 0. The fraction of sp³-hybridized carbons (Fsp3) is 0.333. The summed E-state index contributed by atoms with van der Waals surface area (Å²) in [6.45, 7) is 4.12. The first-order chi connectivity index (χ1) is 8.72. The molecule has 0 saturated carbocycles. The molecule has 6 nitrogen and oxygen atoms in total. The van der Waals surface area contributed by atoms with E-state index in [0.29, 0.717) is 11.8 Å². The van der Waals surface area contributed by atoms with Crippen molar-refractivity contribution >= 4 is 0 Å². The van der Waals surface area contributed by atoms with Gasteiger partial charge in [-0.25, -0.2) is 0 Å². The third-order valence-electron chi connectivity index (χ3n) is 2.45. The molecule has 3 rings (SSSR count). The van der Waals surface area contributed by atoms with Gasteiger partial charge in [0.1, 0.15) is 0 Å². The quantitative estimate of drug-likeness (QED) is 0.898. The Labute approximate surface area is 104 Å². The van der Waals surface area contributed by atoms with Crippen LogP contribution < -0.4 is 14.2 Å². The van der Waals surface area contributed by atoms with Gasteiger partial charge < -0.3 is 14.2 Å². The summed E-state index contributed by atoms with van der Waals surface area (Å²) in [4.78, 5) is 4.26. The van der Waals surface area contributed by atoms with Crippen molar-refractivity contribution in [2.24, 2.45) is 0 Å². The Balaban J connectivity index is 1.88. The monoisotopic (exact) mass is 247 g/mol. The van der Waals surface area contributed by atoms with Crippen molar-refractivity contribution in [2.45, 2.75) is 20.0 Å². The second kappa shape index (κ2) is 4.21. The second-order valence-corrected chi connectivity index (χ2v) is 4.20. The van der Waals surface area contributed by atoms with E-state index < -0.39 is 0 Å². The lowest BCUT2D eigenvalue weighted by atomic mass is 10.2. The molecule has 1 aliphatic heterocycles. The van der Waals surface area contributed by atoms with Crippen molar-refractivity contribution in [3.63, 3.8) is 0 Å². The lowest BCUT2D eigenvalue weighted by Crippen LogP contribution is -2.06. The molecule has 1 aromatic heterocycles. The van der Waals surface area contributed by atoms with Gasteiger partial charge >= 0.3 is 6.01 Å². The molecular formula is C12H13N3O3. The van der Waals surface area contributed by atoms with E-state index >= 15 is 0 Å². The predicted molar refractivity (Wildman–Crippen MR) is 63.7 cm³/mol. The molecule has 0 radical (unpaired) electrons. The summed E-state index contributed by atoms with van der Waals surface area (Å²) < 4.78 is 16.0. The van der Waals surface area contributed by atoms with E-state index in [1.54, 1.807) is 0 Å². The van der Waals surface area contributed by atoms with Crippen molar-refractivity contribution in [1.82, 2.24) is 15.2 Å². The van der Waals surface area contributed by atoms with Crippen molar-refractivity contribution in [3.05, 3.63) is 18.2 Å². The average molecular weight is 247 g/mol. The van der Waals surface area contributed by atoms with Crippen LogP contribution in [0.3, 0.4) is 0 Å². The number of benzene rings is 1. The summed E-state index contributed by atoms with van der Waals surface area (Å²) in [7, 11) is 0. The standard InChI is InChI=1S/C12H13N3O3/c1-7(2)18-12-13-11(14-15-12)8-3-4-9-10(5-8)17-6-16-9/h3-5,7H,6H2,1-2H3,(H,13,14,15). The Kier molecular flexibility index (Phi) is 2.55. The molecule has 0 unspecified atom stereocenters. The van der Waals surface area contributed by atoms with Crippen LogP contribution in [-0.4, -0.2) is 28.1 Å². The molecule has 94 valence electrons. The van der Waals surface area contributed by atoms with E-state index in [4.69, 9.17) is 14.2 Å². The summed E-state index contributed by atoms with van der Waals surface area (Å²) in [5.41, 5.74) is 0.880. The SMILES string of the molecule is CC(C)Oc1n[nH]c(-c2ccc3c(c2)OCO3)n1. The van der Waals surface area contributed by atoms with Crippen molar-refractivity contribution in [3.8, 4) is 28.9 Å². The van der Waals surface area contributed by atoms with Gasteiger partial charge in [0.25, 0.3) is 0 Å². The number of rotatable bonds is 3. The maximum atomic E-state index is 5.40. The van der Waals surface area contributed by atoms with E-state index in [1.165, 1.54) is 0 Å². The molecular weight excluding hydrogens is 234 g/mol. The third-order valence-corrected chi connectivity index (χ3v) is 2.45. The molecule has 2 aromatic rings. The zero-order valence-electron chi connectivity index (χ0n) is 10.1. The van der Waals surface area contributed by atoms with Gasteiger partial charge in [-0.3, -0.25) is 5.10 Å². The van der Waals surface area contributed by atoms with Crippen LogP contribution in [0, 0.1) is 0 Å². The minimum absolute atomic E-state index is 0.0467. The number of H-pyrrole nitrogens is 1. The van der Waals surface area contributed by atoms with Crippen LogP contribution in [0.15, 0.2) is 18.2 Å². The highest BCUT2D eigenvalue weighted by molar-refractivity contribution is 5.61. The Morgan fingerprint density at radius 1 is 1.28 bits per heavy atom. The summed E-state index contributed by atoms with van der Waals surface area (Å²) in [5, 5.41) is 6.83. The second-order valence-electron chi connectivity index (χ2n) is 4.20. The molecule has 2 heterocycles. The summed E-state index contributed by atoms with van der Waals surface area (Å²) in [6, 6.07) is 5.95. The Bertz CT molecular complexity index is 565. The largest absolute Gasteiger partial charge is 0.460 e.